The van der Waals surface area contributed by atoms with E-state index in [0.29, 0.717) is 10.9 Å². The molecule has 0 saturated heterocycles. The number of hydrogen-bond donors (Lipinski definition) is 1. The van der Waals surface area contributed by atoms with Gasteiger partial charge in [0.2, 0.25) is 0 Å². The van der Waals surface area contributed by atoms with Crippen molar-refractivity contribution >= 4 is 9.84 Å². The third kappa shape index (κ3) is 6.62. The molecule has 1 aromatic rings. The summed E-state index contributed by atoms with van der Waals surface area (Å²) in [6.45, 7) is 8.84. The SMILES string of the molecule is CC(C)CCCC(C)NC(C)c1ccc(S(C)(=O)=O)cc1. The van der Waals surface area contributed by atoms with E-state index < -0.39 is 9.84 Å². The van der Waals surface area contributed by atoms with E-state index in [2.05, 4.69) is 33.0 Å². The van der Waals surface area contributed by atoms with Crippen LogP contribution in [0.3, 0.4) is 0 Å². The molecule has 1 aromatic carbocycles. The molecule has 0 aromatic heterocycles. The van der Waals surface area contributed by atoms with E-state index in [0.717, 1.165) is 11.5 Å². The maximum atomic E-state index is 11.4. The Balaban J connectivity index is 2.53. The first-order chi connectivity index (χ1) is 9.70. The van der Waals surface area contributed by atoms with Gasteiger partial charge < -0.3 is 5.32 Å². The Morgan fingerprint density at radius 1 is 1.00 bits per heavy atom. The van der Waals surface area contributed by atoms with Crippen LogP contribution in [0, 0.1) is 5.92 Å². The van der Waals surface area contributed by atoms with Crippen LogP contribution in [-0.2, 0) is 9.84 Å². The molecule has 0 aliphatic heterocycles. The molecule has 120 valence electrons. The van der Waals surface area contributed by atoms with Gasteiger partial charge in [-0.1, -0.05) is 38.8 Å². The van der Waals surface area contributed by atoms with Gasteiger partial charge in [0.15, 0.2) is 9.84 Å². The van der Waals surface area contributed by atoms with Gasteiger partial charge in [-0.05, 0) is 43.9 Å². The number of nitrogens with one attached hydrogen (secondary N) is 1. The van der Waals surface area contributed by atoms with Gasteiger partial charge >= 0.3 is 0 Å². The molecular weight excluding hydrogens is 282 g/mol. The molecule has 2 unspecified atom stereocenters. The van der Waals surface area contributed by atoms with Crippen LogP contribution in [0.5, 0.6) is 0 Å². The zero-order valence-corrected chi connectivity index (χ0v) is 14.7. The van der Waals surface area contributed by atoms with Crippen molar-refractivity contribution in [2.45, 2.75) is 63.9 Å². The third-order valence-corrected chi connectivity index (χ3v) is 4.89. The van der Waals surface area contributed by atoms with Crippen LogP contribution in [-0.4, -0.2) is 20.7 Å². The lowest BCUT2D eigenvalue weighted by Crippen LogP contribution is -2.28. The normalized spacial score (nSPS) is 15.1. The zero-order valence-electron chi connectivity index (χ0n) is 13.9. The maximum Gasteiger partial charge on any atom is 0.175 e. The molecule has 1 N–H and O–H groups in total. The molecule has 0 heterocycles. The second-order valence-corrected chi connectivity index (χ2v) is 8.47. The highest BCUT2D eigenvalue weighted by atomic mass is 32.2. The van der Waals surface area contributed by atoms with Crippen molar-refractivity contribution in [3.63, 3.8) is 0 Å². The summed E-state index contributed by atoms with van der Waals surface area (Å²) in [6, 6.07) is 7.86. The summed E-state index contributed by atoms with van der Waals surface area (Å²) in [4.78, 5) is 0.378. The van der Waals surface area contributed by atoms with E-state index in [1.807, 2.05) is 12.1 Å². The van der Waals surface area contributed by atoms with Gasteiger partial charge in [-0.3, -0.25) is 0 Å². The van der Waals surface area contributed by atoms with E-state index in [-0.39, 0.29) is 6.04 Å². The van der Waals surface area contributed by atoms with Crippen LogP contribution in [0.15, 0.2) is 29.2 Å². The maximum absolute atomic E-state index is 11.4. The van der Waals surface area contributed by atoms with E-state index in [1.165, 1.54) is 25.5 Å². The van der Waals surface area contributed by atoms with Crippen LogP contribution < -0.4 is 5.32 Å². The van der Waals surface area contributed by atoms with E-state index in [1.54, 1.807) is 12.1 Å². The highest BCUT2D eigenvalue weighted by Crippen LogP contribution is 2.18. The quantitative estimate of drug-likeness (QED) is 0.790. The molecule has 4 heteroatoms. The predicted octanol–water partition coefficient (Wildman–Crippen LogP) is 3.96. The smallest absolute Gasteiger partial charge is 0.175 e. The third-order valence-electron chi connectivity index (χ3n) is 3.76. The minimum Gasteiger partial charge on any atom is -0.308 e. The molecule has 21 heavy (non-hydrogen) atoms. The lowest BCUT2D eigenvalue weighted by Gasteiger charge is -2.21. The lowest BCUT2D eigenvalue weighted by molar-refractivity contribution is 0.423. The zero-order chi connectivity index (χ0) is 16.0. The molecular formula is C17H29NO2S. The van der Waals surface area contributed by atoms with Gasteiger partial charge in [-0.15, -0.1) is 0 Å². The van der Waals surface area contributed by atoms with E-state index in [9.17, 15) is 8.42 Å². The van der Waals surface area contributed by atoms with Crippen LogP contribution in [0.2, 0.25) is 0 Å². The molecule has 0 bridgehead atoms. The molecule has 3 nitrogen and oxygen atoms in total. The molecule has 0 spiro atoms. The van der Waals surface area contributed by atoms with Crippen molar-refractivity contribution in [2.75, 3.05) is 6.26 Å². The summed E-state index contributed by atoms with van der Waals surface area (Å²) in [5, 5.41) is 3.58. The van der Waals surface area contributed by atoms with Gasteiger partial charge in [0.05, 0.1) is 4.90 Å². The Bertz CT molecular complexity index is 520. The Hall–Kier alpha value is -0.870. The average Bonchev–Trinajstić information content (AvgIpc) is 2.37. The lowest BCUT2D eigenvalue weighted by atomic mass is 10.0. The fraction of sp³-hybridized carbons (Fsp3) is 0.647. The summed E-state index contributed by atoms with van der Waals surface area (Å²) in [5.41, 5.74) is 1.12. The van der Waals surface area contributed by atoms with E-state index >= 15 is 0 Å². The number of benzene rings is 1. The van der Waals surface area contributed by atoms with Gasteiger partial charge in [0, 0.05) is 18.3 Å². The first kappa shape index (κ1) is 18.2. The van der Waals surface area contributed by atoms with Crippen molar-refractivity contribution in [3.8, 4) is 0 Å². The Kier molecular flexibility index (Phi) is 6.88. The van der Waals surface area contributed by atoms with Gasteiger partial charge in [-0.25, -0.2) is 8.42 Å². The van der Waals surface area contributed by atoms with Crippen molar-refractivity contribution in [1.82, 2.24) is 5.32 Å². The van der Waals surface area contributed by atoms with Crippen LogP contribution in [0.25, 0.3) is 0 Å². The van der Waals surface area contributed by atoms with Crippen molar-refractivity contribution in [3.05, 3.63) is 29.8 Å². The largest absolute Gasteiger partial charge is 0.308 e. The summed E-state index contributed by atoms with van der Waals surface area (Å²) >= 11 is 0. The van der Waals surface area contributed by atoms with Crippen molar-refractivity contribution < 1.29 is 8.42 Å². The molecule has 0 aliphatic rings. The molecule has 0 saturated carbocycles. The monoisotopic (exact) mass is 311 g/mol. The predicted molar refractivity (Wildman–Crippen MR) is 89.3 cm³/mol. The average molecular weight is 311 g/mol. The van der Waals surface area contributed by atoms with E-state index in [4.69, 9.17) is 0 Å². The number of sulfone groups is 1. The number of hydrogen-bond acceptors (Lipinski definition) is 3. The van der Waals surface area contributed by atoms with Crippen LogP contribution >= 0.6 is 0 Å². The molecule has 1 rings (SSSR count). The van der Waals surface area contributed by atoms with Crippen LogP contribution in [0.1, 0.15) is 58.6 Å². The van der Waals surface area contributed by atoms with Gasteiger partial charge in [0.25, 0.3) is 0 Å². The fourth-order valence-corrected chi connectivity index (χ4v) is 3.07. The first-order valence-corrected chi connectivity index (χ1v) is 9.65. The minimum atomic E-state index is -3.11. The van der Waals surface area contributed by atoms with Gasteiger partial charge in [0.1, 0.15) is 0 Å². The topological polar surface area (TPSA) is 46.2 Å². The van der Waals surface area contributed by atoms with Crippen LogP contribution in [0.4, 0.5) is 0 Å². The molecule has 0 radical (unpaired) electrons. The summed E-state index contributed by atoms with van der Waals surface area (Å²) in [5.74, 6) is 0.762. The second-order valence-electron chi connectivity index (χ2n) is 6.46. The molecule has 0 aliphatic carbocycles. The summed E-state index contributed by atoms with van der Waals surface area (Å²) in [7, 11) is -3.11. The standard InChI is InChI=1S/C17H29NO2S/c1-13(2)7-6-8-14(3)18-15(4)16-9-11-17(12-10-16)21(5,19)20/h9-15,18H,6-8H2,1-5H3. The van der Waals surface area contributed by atoms with Crippen molar-refractivity contribution in [2.24, 2.45) is 5.92 Å². The molecule has 0 fully saturated rings. The fourth-order valence-electron chi connectivity index (χ4n) is 2.44. The van der Waals surface area contributed by atoms with Crippen molar-refractivity contribution in [1.29, 1.82) is 0 Å². The molecule has 2 atom stereocenters. The summed E-state index contributed by atoms with van der Waals surface area (Å²) < 4.78 is 22.9. The Labute approximate surface area is 130 Å². The summed E-state index contributed by atoms with van der Waals surface area (Å²) in [6.07, 6.45) is 4.92. The van der Waals surface area contributed by atoms with Gasteiger partial charge in [-0.2, -0.15) is 0 Å². The highest BCUT2D eigenvalue weighted by molar-refractivity contribution is 7.90. The molecule has 0 amide bonds. The highest BCUT2D eigenvalue weighted by Gasteiger charge is 2.11. The Morgan fingerprint density at radius 3 is 2.05 bits per heavy atom. The number of rotatable bonds is 8. The first-order valence-electron chi connectivity index (χ1n) is 7.76. The Morgan fingerprint density at radius 2 is 1.57 bits per heavy atom. The second kappa shape index (κ2) is 7.95. The minimum absolute atomic E-state index is 0.229.